The van der Waals surface area contributed by atoms with Crippen molar-refractivity contribution in [1.29, 1.82) is 0 Å². The van der Waals surface area contributed by atoms with E-state index in [4.69, 9.17) is 5.11 Å². The predicted octanol–water partition coefficient (Wildman–Crippen LogP) is 0.297. The summed E-state index contributed by atoms with van der Waals surface area (Å²) in [5, 5.41) is 12.9. The van der Waals surface area contributed by atoms with E-state index in [1.54, 1.807) is 12.7 Å². The maximum Gasteiger partial charge on any atom is 0.137 e. The third-order valence-corrected chi connectivity index (χ3v) is 3.00. The van der Waals surface area contributed by atoms with Gasteiger partial charge in [0.25, 0.3) is 0 Å². The summed E-state index contributed by atoms with van der Waals surface area (Å²) in [5.41, 5.74) is 0. The molecule has 1 aromatic heterocycles. The molecule has 1 N–H and O–H groups in total. The van der Waals surface area contributed by atoms with E-state index < -0.39 is 0 Å². The number of likely N-dealkylation sites (tertiary alicyclic amines) is 1. The molecule has 0 aliphatic carbocycles. The second-order valence-electron chi connectivity index (χ2n) is 4.03. The minimum Gasteiger partial charge on any atom is -0.396 e. The Kier molecular flexibility index (Phi) is 3.69. The van der Waals surface area contributed by atoms with Crippen LogP contribution in [0.5, 0.6) is 0 Å². The first-order valence-electron chi connectivity index (χ1n) is 5.57. The van der Waals surface area contributed by atoms with E-state index in [9.17, 15) is 0 Å². The quantitative estimate of drug-likeness (QED) is 0.776. The fourth-order valence-corrected chi connectivity index (χ4v) is 2.11. The molecule has 0 bridgehead atoms. The van der Waals surface area contributed by atoms with Crippen molar-refractivity contribution in [3.63, 3.8) is 0 Å². The van der Waals surface area contributed by atoms with E-state index in [1.807, 2.05) is 4.68 Å². The Morgan fingerprint density at radius 2 is 2.13 bits per heavy atom. The molecule has 0 radical (unpaired) electrons. The minimum absolute atomic E-state index is 0.295. The number of rotatable bonds is 4. The van der Waals surface area contributed by atoms with Gasteiger partial charge in [-0.2, -0.15) is 5.10 Å². The molecule has 5 heteroatoms. The first kappa shape index (κ1) is 10.6. The Morgan fingerprint density at radius 3 is 2.73 bits per heavy atom. The second-order valence-corrected chi connectivity index (χ2v) is 4.03. The van der Waals surface area contributed by atoms with Crippen LogP contribution in [0.2, 0.25) is 0 Å². The van der Waals surface area contributed by atoms with E-state index in [0.717, 1.165) is 38.9 Å². The SMILES string of the molecule is OCCCN1CCC(n2cncn2)CC1. The second kappa shape index (κ2) is 5.23. The van der Waals surface area contributed by atoms with Crippen LogP contribution >= 0.6 is 0 Å². The number of aliphatic hydroxyl groups is 1. The van der Waals surface area contributed by atoms with Crippen LogP contribution < -0.4 is 0 Å². The van der Waals surface area contributed by atoms with Gasteiger partial charge in [-0.05, 0) is 19.3 Å². The van der Waals surface area contributed by atoms with Gasteiger partial charge in [0.05, 0.1) is 6.04 Å². The molecule has 1 saturated heterocycles. The Morgan fingerprint density at radius 1 is 1.33 bits per heavy atom. The summed E-state index contributed by atoms with van der Waals surface area (Å²) in [6, 6.07) is 0.512. The molecule has 15 heavy (non-hydrogen) atoms. The summed E-state index contributed by atoms with van der Waals surface area (Å²) in [7, 11) is 0. The molecule has 0 spiro atoms. The van der Waals surface area contributed by atoms with Gasteiger partial charge < -0.3 is 10.0 Å². The Bertz CT molecular complexity index is 267. The van der Waals surface area contributed by atoms with Crippen LogP contribution in [0.1, 0.15) is 25.3 Å². The highest BCUT2D eigenvalue weighted by Crippen LogP contribution is 2.20. The van der Waals surface area contributed by atoms with Crippen LogP contribution in [-0.2, 0) is 0 Å². The topological polar surface area (TPSA) is 54.2 Å². The molecule has 1 fully saturated rings. The molecule has 0 amide bonds. The fraction of sp³-hybridized carbons (Fsp3) is 0.800. The Balaban J connectivity index is 1.77. The van der Waals surface area contributed by atoms with Crippen molar-refractivity contribution in [2.45, 2.75) is 25.3 Å². The summed E-state index contributed by atoms with van der Waals surface area (Å²) in [4.78, 5) is 6.38. The lowest BCUT2D eigenvalue weighted by Crippen LogP contribution is -2.35. The van der Waals surface area contributed by atoms with Crippen LogP contribution in [0.25, 0.3) is 0 Å². The standard InChI is InChI=1S/C10H18N4O/c15-7-1-4-13-5-2-10(3-6-13)14-9-11-8-12-14/h8-10,15H,1-7H2. The van der Waals surface area contributed by atoms with Crippen molar-refractivity contribution in [2.75, 3.05) is 26.2 Å². The first-order chi connectivity index (χ1) is 7.40. The molecular formula is C10H18N4O. The van der Waals surface area contributed by atoms with Crippen LogP contribution in [0.3, 0.4) is 0 Å². The number of aromatic nitrogens is 3. The summed E-state index contributed by atoms with van der Waals surface area (Å²) >= 11 is 0. The molecule has 1 aliphatic rings. The molecular weight excluding hydrogens is 192 g/mol. The zero-order chi connectivity index (χ0) is 10.5. The normalized spacial score (nSPS) is 19.5. The van der Waals surface area contributed by atoms with Crippen LogP contribution in [-0.4, -0.2) is 51.0 Å². The lowest BCUT2D eigenvalue weighted by atomic mass is 10.1. The minimum atomic E-state index is 0.295. The zero-order valence-electron chi connectivity index (χ0n) is 8.92. The van der Waals surface area contributed by atoms with Gasteiger partial charge in [0.15, 0.2) is 0 Å². The maximum atomic E-state index is 8.75. The molecule has 1 aliphatic heterocycles. The van der Waals surface area contributed by atoms with Gasteiger partial charge in [-0.25, -0.2) is 9.67 Å². The van der Waals surface area contributed by atoms with E-state index in [-0.39, 0.29) is 0 Å². The largest absolute Gasteiger partial charge is 0.396 e. The molecule has 2 heterocycles. The lowest BCUT2D eigenvalue weighted by molar-refractivity contribution is 0.164. The Hall–Kier alpha value is -0.940. The van der Waals surface area contributed by atoms with Crippen LogP contribution in [0, 0.1) is 0 Å². The molecule has 5 nitrogen and oxygen atoms in total. The van der Waals surface area contributed by atoms with Gasteiger partial charge in [-0.15, -0.1) is 0 Å². The van der Waals surface area contributed by atoms with Gasteiger partial charge in [0.2, 0.25) is 0 Å². The Labute approximate surface area is 89.7 Å². The van der Waals surface area contributed by atoms with Gasteiger partial charge >= 0.3 is 0 Å². The number of hydrogen-bond acceptors (Lipinski definition) is 4. The zero-order valence-corrected chi connectivity index (χ0v) is 8.92. The summed E-state index contributed by atoms with van der Waals surface area (Å²) < 4.78 is 1.96. The molecule has 0 atom stereocenters. The third-order valence-electron chi connectivity index (χ3n) is 3.00. The van der Waals surface area contributed by atoms with Crippen LogP contribution in [0.15, 0.2) is 12.7 Å². The van der Waals surface area contributed by atoms with Crippen molar-refractivity contribution >= 4 is 0 Å². The third kappa shape index (κ3) is 2.76. The van der Waals surface area contributed by atoms with Gasteiger partial charge in [-0.3, -0.25) is 0 Å². The lowest BCUT2D eigenvalue weighted by Gasteiger charge is -2.31. The van der Waals surface area contributed by atoms with Crippen molar-refractivity contribution in [3.8, 4) is 0 Å². The predicted molar refractivity (Wildman–Crippen MR) is 56.4 cm³/mol. The van der Waals surface area contributed by atoms with Crippen LogP contribution in [0.4, 0.5) is 0 Å². The summed E-state index contributed by atoms with van der Waals surface area (Å²) in [6.07, 6.45) is 6.55. The van der Waals surface area contributed by atoms with E-state index in [1.165, 1.54) is 0 Å². The number of hydrogen-bond donors (Lipinski definition) is 1. The summed E-state index contributed by atoms with van der Waals surface area (Å²) in [5.74, 6) is 0. The maximum absolute atomic E-state index is 8.75. The number of nitrogens with zero attached hydrogens (tertiary/aromatic N) is 4. The highest BCUT2D eigenvalue weighted by molar-refractivity contribution is 4.76. The molecule has 0 aromatic carbocycles. The molecule has 2 rings (SSSR count). The van der Waals surface area contributed by atoms with Crippen molar-refractivity contribution in [1.82, 2.24) is 19.7 Å². The van der Waals surface area contributed by atoms with Gasteiger partial charge in [0.1, 0.15) is 12.7 Å². The fourth-order valence-electron chi connectivity index (χ4n) is 2.11. The van der Waals surface area contributed by atoms with Gasteiger partial charge in [0, 0.05) is 26.2 Å². The highest BCUT2D eigenvalue weighted by atomic mass is 16.3. The molecule has 0 saturated carbocycles. The first-order valence-corrected chi connectivity index (χ1v) is 5.57. The van der Waals surface area contributed by atoms with Crippen molar-refractivity contribution in [3.05, 3.63) is 12.7 Å². The molecule has 1 aromatic rings. The highest BCUT2D eigenvalue weighted by Gasteiger charge is 2.20. The van der Waals surface area contributed by atoms with E-state index in [2.05, 4.69) is 15.0 Å². The molecule has 0 unspecified atom stereocenters. The molecule has 84 valence electrons. The van der Waals surface area contributed by atoms with E-state index in [0.29, 0.717) is 12.6 Å². The number of piperidine rings is 1. The average molecular weight is 210 g/mol. The smallest absolute Gasteiger partial charge is 0.137 e. The monoisotopic (exact) mass is 210 g/mol. The van der Waals surface area contributed by atoms with E-state index >= 15 is 0 Å². The summed E-state index contributed by atoms with van der Waals surface area (Å²) in [6.45, 7) is 3.51. The van der Waals surface area contributed by atoms with Crippen molar-refractivity contribution < 1.29 is 5.11 Å². The average Bonchev–Trinajstić information content (AvgIpc) is 2.80. The number of aliphatic hydroxyl groups excluding tert-OH is 1. The van der Waals surface area contributed by atoms with Gasteiger partial charge in [-0.1, -0.05) is 0 Å². The van der Waals surface area contributed by atoms with Crippen molar-refractivity contribution in [2.24, 2.45) is 0 Å².